The first-order valence-corrected chi connectivity index (χ1v) is 5.54. The van der Waals surface area contributed by atoms with Crippen molar-refractivity contribution in [2.45, 2.75) is 26.2 Å². The van der Waals surface area contributed by atoms with E-state index in [0.29, 0.717) is 16.5 Å². The normalized spacial score (nSPS) is 11.8. The standard InChI is InChI=1S/C13H11ClFNO/c1-13(2,3)11-8-4-7(15)5-9(14)12(8)17-10(11)6-16/h4-5H,1-3H3. The van der Waals surface area contributed by atoms with Crippen molar-refractivity contribution in [2.75, 3.05) is 0 Å². The average Bonchev–Trinajstić information content (AvgIpc) is 2.55. The lowest BCUT2D eigenvalue weighted by molar-refractivity contribution is 0.546. The minimum Gasteiger partial charge on any atom is -0.444 e. The van der Waals surface area contributed by atoms with Crippen LogP contribution in [0.25, 0.3) is 11.0 Å². The number of hydrogen-bond acceptors (Lipinski definition) is 2. The maximum Gasteiger partial charge on any atom is 0.208 e. The molecule has 88 valence electrons. The van der Waals surface area contributed by atoms with Crippen LogP contribution >= 0.6 is 11.6 Å². The molecule has 0 fully saturated rings. The molecule has 0 radical (unpaired) electrons. The van der Waals surface area contributed by atoms with Gasteiger partial charge in [-0.1, -0.05) is 32.4 Å². The van der Waals surface area contributed by atoms with E-state index in [1.165, 1.54) is 12.1 Å². The Kier molecular flexibility index (Phi) is 2.63. The quantitative estimate of drug-likeness (QED) is 0.696. The molecule has 2 nitrogen and oxygen atoms in total. The molecular weight excluding hydrogens is 241 g/mol. The van der Waals surface area contributed by atoms with Crippen LogP contribution in [-0.4, -0.2) is 0 Å². The summed E-state index contributed by atoms with van der Waals surface area (Å²) < 4.78 is 18.8. The second-order valence-corrected chi connectivity index (χ2v) is 5.34. The Labute approximate surface area is 104 Å². The van der Waals surface area contributed by atoms with E-state index in [4.69, 9.17) is 21.3 Å². The van der Waals surface area contributed by atoms with Crippen LogP contribution in [0.15, 0.2) is 16.5 Å². The average molecular weight is 252 g/mol. The van der Waals surface area contributed by atoms with E-state index < -0.39 is 5.82 Å². The van der Waals surface area contributed by atoms with Gasteiger partial charge in [0.15, 0.2) is 5.58 Å². The van der Waals surface area contributed by atoms with Gasteiger partial charge in [-0.25, -0.2) is 4.39 Å². The minimum atomic E-state index is -0.432. The van der Waals surface area contributed by atoms with Crippen molar-refractivity contribution in [3.63, 3.8) is 0 Å². The molecule has 0 unspecified atom stereocenters. The third-order valence-corrected chi connectivity index (χ3v) is 2.84. The Balaban J connectivity index is 2.95. The van der Waals surface area contributed by atoms with Crippen LogP contribution in [0.3, 0.4) is 0 Å². The number of benzene rings is 1. The molecule has 0 aliphatic rings. The SMILES string of the molecule is CC(C)(C)c1c(C#N)oc2c(Cl)cc(F)cc12. The van der Waals surface area contributed by atoms with Crippen LogP contribution in [0.5, 0.6) is 0 Å². The van der Waals surface area contributed by atoms with Crippen LogP contribution in [-0.2, 0) is 5.41 Å². The van der Waals surface area contributed by atoms with Gasteiger partial charge < -0.3 is 4.42 Å². The Morgan fingerprint density at radius 2 is 2.00 bits per heavy atom. The molecule has 0 saturated carbocycles. The number of fused-ring (bicyclic) bond motifs is 1. The fraction of sp³-hybridized carbons (Fsp3) is 0.308. The molecule has 1 heterocycles. The Bertz CT molecular complexity index is 631. The molecule has 0 atom stereocenters. The zero-order valence-corrected chi connectivity index (χ0v) is 10.5. The highest BCUT2D eigenvalue weighted by molar-refractivity contribution is 6.35. The second-order valence-electron chi connectivity index (χ2n) is 4.93. The number of nitrogens with zero attached hydrogens (tertiary/aromatic N) is 1. The molecule has 0 aliphatic heterocycles. The molecule has 0 spiro atoms. The third-order valence-electron chi connectivity index (χ3n) is 2.56. The van der Waals surface area contributed by atoms with Gasteiger partial charge in [-0.15, -0.1) is 0 Å². The smallest absolute Gasteiger partial charge is 0.208 e. The van der Waals surface area contributed by atoms with Gasteiger partial charge in [0.1, 0.15) is 11.9 Å². The summed E-state index contributed by atoms with van der Waals surface area (Å²) in [4.78, 5) is 0. The lowest BCUT2D eigenvalue weighted by atomic mass is 9.85. The highest BCUT2D eigenvalue weighted by Crippen LogP contribution is 2.38. The van der Waals surface area contributed by atoms with Crippen LogP contribution in [0.2, 0.25) is 5.02 Å². The summed E-state index contributed by atoms with van der Waals surface area (Å²) in [6.07, 6.45) is 0. The number of nitriles is 1. The summed E-state index contributed by atoms with van der Waals surface area (Å²) in [5.74, 6) is -0.238. The molecule has 1 aromatic heterocycles. The van der Waals surface area contributed by atoms with Crippen molar-refractivity contribution >= 4 is 22.6 Å². The highest BCUT2D eigenvalue weighted by atomic mass is 35.5. The highest BCUT2D eigenvalue weighted by Gasteiger charge is 2.26. The van der Waals surface area contributed by atoms with E-state index >= 15 is 0 Å². The number of furan rings is 1. The fourth-order valence-corrected chi connectivity index (χ4v) is 2.19. The van der Waals surface area contributed by atoms with Gasteiger partial charge >= 0.3 is 0 Å². The van der Waals surface area contributed by atoms with Gasteiger partial charge in [-0.2, -0.15) is 5.26 Å². The Morgan fingerprint density at radius 3 is 2.53 bits per heavy atom. The van der Waals surface area contributed by atoms with Crippen molar-refractivity contribution < 1.29 is 8.81 Å². The fourth-order valence-electron chi connectivity index (χ4n) is 1.95. The van der Waals surface area contributed by atoms with E-state index in [-0.39, 0.29) is 16.2 Å². The van der Waals surface area contributed by atoms with E-state index in [0.717, 1.165) is 0 Å². The lowest BCUT2D eigenvalue weighted by Crippen LogP contribution is -2.12. The summed E-state index contributed by atoms with van der Waals surface area (Å²) in [6.45, 7) is 5.82. The molecule has 1 aromatic carbocycles. The summed E-state index contributed by atoms with van der Waals surface area (Å²) in [5.41, 5.74) is 0.749. The van der Waals surface area contributed by atoms with Gasteiger partial charge in [0.25, 0.3) is 0 Å². The number of hydrogen-bond donors (Lipinski definition) is 0. The van der Waals surface area contributed by atoms with Crippen molar-refractivity contribution in [1.82, 2.24) is 0 Å². The van der Waals surface area contributed by atoms with Crippen molar-refractivity contribution in [3.8, 4) is 6.07 Å². The maximum absolute atomic E-state index is 13.4. The predicted molar refractivity (Wildman–Crippen MR) is 64.6 cm³/mol. The van der Waals surface area contributed by atoms with E-state index in [9.17, 15) is 4.39 Å². The summed E-state index contributed by atoms with van der Waals surface area (Å²) in [6, 6.07) is 4.53. The minimum absolute atomic E-state index is 0.187. The molecule has 0 amide bonds. The van der Waals surface area contributed by atoms with Crippen molar-refractivity contribution in [1.29, 1.82) is 5.26 Å². The van der Waals surface area contributed by atoms with Gasteiger partial charge in [0.2, 0.25) is 5.76 Å². The van der Waals surface area contributed by atoms with E-state index in [1.807, 2.05) is 26.8 Å². The maximum atomic E-state index is 13.4. The lowest BCUT2D eigenvalue weighted by Gasteiger charge is -2.17. The number of halogens is 2. The van der Waals surface area contributed by atoms with Crippen LogP contribution in [0, 0.1) is 17.1 Å². The third kappa shape index (κ3) is 1.89. The van der Waals surface area contributed by atoms with Crippen LogP contribution in [0.1, 0.15) is 32.1 Å². The first kappa shape index (κ1) is 11.9. The molecule has 0 saturated heterocycles. The summed E-state index contributed by atoms with van der Waals surface area (Å²) in [5, 5.41) is 9.82. The van der Waals surface area contributed by atoms with Gasteiger partial charge in [-0.05, 0) is 17.5 Å². The second kappa shape index (κ2) is 3.75. The zero-order chi connectivity index (χ0) is 12.8. The Hall–Kier alpha value is -1.53. The zero-order valence-electron chi connectivity index (χ0n) is 9.77. The molecule has 0 bridgehead atoms. The number of rotatable bonds is 0. The first-order valence-electron chi connectivity index (χ1n) is 5.16. The topological polar surface area (TPSA) is 36.9 Å². The molecule has 0 aliphatic carbocycles. The van der Waals surface area contributed by atoms with Crippen molar-refractivity contribution in [2.24, 2.45) is 0 Å². The summed E-state index contributed by atoms with van der Waals surface area (Å²) >= 11 is 5.91. The summed E-state index contributed by atoms with van der Waals surface area (Å²) in [7, 11) is 0. The molecule has 0 N–H and O–H groups in total. The Morgan fingerprint density at radius 1 is 1.35 bits per heavy atom. The first-order chi connectivity index (χ1) is 7.84. The van der Waals surface area contributed by atoms with Crippen LogP contribution < -0.4 is 0 Å². The predicted octanol–water partition coefficient (Wildman–Crippen LogP) is 4.39. The molecule has 2 rings (SSSR count). The monoisotopic (exact) mass is 251 g/mol. The van der Waals surface area contributed by atoms with Gasteiger partial charge in [0, 0.05) is 10.9 Å². The molecule has 2 aromatic rings. The van der Waals surface area contributed by atoms with Gasteiger partial charge in [-0.3, -0.25) is 0 Å². The van der Waals surface area contributed by atoms with Crippen molar-refractivity contribution in [3.05, 3.63) is 34.3 Å². The van der Waals surface area contributed by atoms with Crippen LogP contribution in [0.4, 0.5) is 4.39 Å². The van der Waals surface area contributed by atoms with E-state index in [1.54, 1.807) is 0 Å². The van der Waals surface area contributed by atoms with E-state index in [2.05, 4.69) is 0 Å². The largest absolute Gasteiger partial charge is 0.444 e. The molecular formula is C13H11ClFNO. The molecule has 17 heavy (non-hydrogen) atoms. The van der Waals surface area contributed by atoms with Gasteiger partial charge in [0.05, 0.1) is 5.02 Å². The molecule has 4 heteroatoms.